The highest BCUT2D eigenvalue weighted by Gasteiger charge is 2.32. The largest absolute Gasteiger partial charge is 0.508 e. The minimum Gasteiger partial charge on any atom is -0.508 e. The predicted molar refractivity (Wildman–Crippen MR) is 163 cm³/mol. The lowest BCUT2D eigenvalue weighted by Gasteiger charge is -2.30. The van der Waals surface area contributed by atoms with Crippen LogP contribution in [0.5, 0.6) is 28.7 Å². The van der Waals surface area contributed by atoms with Gasteiger partial charge in [0.1, 0.15) is 41.2 Å². The molecule has 0 fully saturated rings. The standard InChI is InChI=1S/C31H26N4O6S/c36-19-4-9-23-26(14-19)41-27-15-20(37)5-10-24(27)29(23)22-8-3-18(13-25(22)30(38)39)35-31(42)34-17-1-6-21(7-2-17)40-16-28-32-11-12-33-28/h1-10,13-15,29,36-37H,11-12,16H2,(H,32,33)(H,38,39)(H2,34,35,42). The summed E-state index contributed by atoms with van der Waals surface area (Å²) >= 11 is 5.48. The van der Waals surface area contributed by atoms with Crippen LogP contribution in [0, 0.1) is 0 Å². The number of nitrogens with one attached hydrogen (secondary N) is 3. The van der Waals surface area contributed by atoms with Crippen LogP contribution in [0.25, 0.3) is 0 Å². The van der Waals surface area contributed by atoms with Gasteiger partial charge < -0.3 is 40.7 Å². The highest BCUT2D eigenvalue weighted by molar-refractivity contribution is 7.80. The molecular formula is C31H26N4O6S. The maximum absolute atomic E-state index is 12.5. The number of phenols is 2. The van der Waals surface area contributed by atoms with Gasteiger partial charge in [-0.3, -0.25) is 4.99 Å². The Morgan fingerprint density at radius 3 is 2.14 bits per heavy atom. The average molecular weight is 583 g/mol. The third kappa shape index (κ3) is 5.63. The molecule has 42 heavy (non-hydrogen) atoms. The number of benzene rings is 4. The van der Waals surface area contributed by atoms with E-state index in [9.17, 15) is 20.1 Å². The van der Waals surface area contributed by atoms with Crippen LogP contribution in [0.2, 0.25) is 0 Å². The molecule has 2 aliphatic heterocycles. The van der Waals surface area contributed by atoms with Crippen molar-refractivity contribution in [2.45, 2.75) is 5.92 Å². The molecule has 2 heterocycles. The Morgan fingerprint density at radius 2 is 1.52 bits per heavy atom. The number of carboxylic acids is 1. The number of fused-ring (bicyclic) bond motifs is 2. The molecule has 4 aromatic carbocycles. The summed E-state index contributed by atoms with van der Waals surface area (Å²) in [6, 6.07) is 21.7. The Bertz CT molecular complexity index is 1670. The molecule has 6 rings (SSSR count). The molecule has 212 valence electrons. The van der Waals surface area contributed by atoms with Gasteiger partial charge in [-0.25, -0.2) is 4.79 Å². The molecule has 0 saturated carbocycles. The first-order chi connectivity index (χ1) is 20.3. The van der Waals surface area contributed by atoms with Crippen molar-refractivity contribution in [3.8, 4) is 28.7 Å². The number of carboxylic acid groups (broad SMARTS) is 1. The number of aromatic carboxylic acids is 1. The van der Waals surface area contributed by atoms with Gasteiger partial charge in [-0.15, -0.1) is 0 Å². The molecule has 0 saturated heterocycles. The number of amidine groups is 1. The quantitative estimate of drug-likeness (QED) is 0.140. The summed E-state index contributed by atoms with van der Waals surface area (Å²) in [7, 11) is 0. The minimum atomic E-state index is -1.12. The second-order valence-electron chi connectivity index (χ2n) is 9.73. The highest BCUT2D eigenvalue weighted by atomic mass is 32.1. The smallest absolute Gasteiger partial charge is 0.336 e. The number of ether oxygens (including phenoxy) is 2. The summed E-state index contributed by atoms with van der Waals surface area (Å²) in [6.07, 6.45) is 0. The van der Waals surface area contributed by atoms with E-state index in [2.05, 4.69) is 20.9 Å². The normalized spacial score (nSPS) is 13.6. The number of thiocarbonyl (C=S) groups is 1. The zero-order valence-corrected chi connectivity index (χ0v) is 22.9. The summed E-state index contributed by atoms with van der Waals surface area (Å²) in [6.45, 7) is 1.97. The van der Waals surface area contributed by atoms with E-state index in [4.69, 9.17) is 21.7 Å². The van der Waals surface area contributed by atoms with Crippen LogP contribution in [-0.2, 0) is 0 Å². The molecule has 11 heteroatoms. The summed E-state index contributed by atoms with van der Waals surface area (Å²) in [4.78, 5) is 16.8. The zero-order valence-electron chi connectivity index (χ0n) is 22.1. The lowest BCUT2D eigenvalue weighted by atomic mass is 9.80. The fourth-order valence-electron chi connectivity index (χ4n) is 5.02. The first-order valence-corrected chi connectivity index (χ1v) is 13.5. The van der Waals surface area contributed by atoms with Gasteiger partial charge in [-0.1, -0.05) is 18.2 Å². The van der Waals surface area contributed by atoms with E-state index in [0.717, 1.165) is 24.6 Å². The number of phenolic OH excluding ortho intramolecular Hbond substituents is 2. The van der Waals surface area contributed by atoms with Crippen LogP contribution in [0.4, 0.5) is 11.4 Å². The molecular weight excluding hydrogens is 556 g/mol. The number of aliphatic imine (C=N–C) groups is 1. The third-order valence-electron chi connectivity index (χ3n) is 6.92. The van der Waals surface area contributed by atoms with Gasteiger partial charge in [-0.05, 0) is 66.3 Å². The van der Waals surface area contributed by atoms with Crippen LogP contribution in [0.3, 0.4) is 0 Å². The fourth-order valence-corrected chi connectivity index (χ4v) is 5.25. The van der Waals surface area contributed by atoms with E-state index in [1.807, 2.05) is 24.3 Å². The second-order valence-corrected chi connectivity index (χ2v) is 10.1. The molecule has 0 aliphatic carbocycles. The molecule has 4 aromatic rings. The van der Waals surface area contributed by atoms with Crippen LogP contribution < -0.4 is 25.4 Å². The molecule has 0 bridgehead atoms. The second kappa shape index (κ2) is 11.3. The number of aromatic hydroxyl groups is 2. The Kier molecular flexibility index (Phi) is 7.24. The van der Waals surface area contributed by atoms with Gasteiger partial charge >= 0.3 is 5.97 Å². The molecule has 0 amide bonds. The Hall–Kier alpha value is -5.29. The monoisotopic (exact) mass is 582 g/mol. The van der Waals surface area contributed by atoms with Gasteiger partial charge in [0, 0.05) is 47.1 Å². The SMILES string of the molecule is O=C(O)c1cc(NC(=S)Nc2ccc(OCC3=NCCN3)cc2)ccc1C1c2ccc(O)cc2Oc2cc(O)ccc21. The molecule has 6 N–H and O–H groups in total. The van der Waals surface area contributed by atoms with Crippen LogP contribution in [0.1, 0.15) is 33.0 Å². The van der Waals surface area contributed by atoms with E-state index < -0.39 is 11.9 Å². The Balaban J connectivity index is 1.22. The average Bonchev–Trinajstić information content (AvgIpc) is 3.49. The van der Waals surface area contributed by atoms with E-state index >= 15 is 0 Å². The summed E-state index contributed by atoms with van der Waals surface area (Å²) in [5.41, 5.74) is 3.17. The molecule has 0 atom stereocenters. The summed E-state index contributed by atoms with van der Waals surface area (Å²) < 4.78 is 11.7. The lowest BCUT2D eigenvalue weighted by molar-refractivity contribution is 0.0695. The molecule has 0 spiro atoms. The zero-order chi connectivity index (χ0) is 29.2. The summed E-state index contributed by atoms with van der Waals surface area (Å²) in [5.74, 6) is 0.658. The Morgan fingerprint density at radius 1 is 0.905 bits per heavy atom. The number of carbonyl (C=O) groups is 1. The van der Waals surface area contributed by atoms with E-state index in [1.54, 1.807) is 24.3 Å². The van der Waals surface area contributed by atoms with Crippen LogP contribution in [-0.4, -0.2) is 51.9 Å². The maximum Gasteiger partial charge on any atom is 0.336 e. The van der Waals surface area contributed by atoms with Gasteiger partial charge in [0.05, 0.1) is 12.1 Å². The number of anilines is 2. The summed E-state index contributed by atoms with van der Waals surface area (Å²) in [5, 5.41) is 39.9. The first-order valence-electron chi connectivity index (χ1n) is 13.1. The molecule has 0 radical (unpaired) electrons. The van der Waals surface area contributed by atoms with Crippen LogP contribution in [0.15, 0.2) is 83.9 Å². The van der Waals surface area contributed by atoms with Crippen molar-refractivity contribution in [1.29, 1.82) is 0 Å². The molecule has 0 aromatic heterocycles. The van der Waals surface area contributed by atoms with E-state index in [1.165, 1.54) is 30.3 Å². The van der Waals surface area contributed by atoms with Crippen molar-refractivity contribution in [3.63, 3.8) is 0 Å². The maximum atomic E-state index is 12.5. The van der Waals surface area contributed by atoms with Gasteiger partial charge in [0.15, 0.2) is 5.11 Å². The minimum absolute atomic E-state index is 0.00798. The van der Waals surface area contributed by atoms with Crippen molar-refractivity contribution in [3.05, 3.63) is 101 Å². The number of rotatable bonds is 7. The molecule has 2 aliphatic rings. The van der Waals surface area contributed by atoms with Crippen molar-refractivity contribution in [2.75, 3.05) is 30.3 Å². The molecule has 0 unspecified atom stereocenters. The van der Waals surface area contributed by atoms with Crippen molar-refractivity contribution in [1.82, 2.24) is 5.32 Å². The fraction of sp³-hybridized carbons (Fsp3) is 0.129. The van der Waals surface area contributed by atoms with Gasteiger partial charge in [0.2, 0.25) is 0 Å². The number of nitrogens with zero attached hydrogens (tertiary/aromatic N) is 1. The van der Waals surface area contributed by atoms with Gasteiger partial charge in [0.25, 0.3) is 0 Å². The lowest BCUT2D eigenvalue weighted by Crippen LogP contribution is -2.24. The van der Waals surface area contributed by atoms with Crippen molar-refractivity contribution < 1.29 is 29.6 Å². The third-order valence-corrected chi connectivity index (χ3v) is 7.12. The first kappa shape index (κ1) is 26.9. The van der Waals surface area contributed by atoms with E-state index in [0.29, 0.717) is 46.2 Å². The molecule has 10 nitrogen and oxygen atoms in total. The van der Waals surface area contributed by atoms with Crippen molar-refractivity contribution in [2.24, 2.45) is 4.99 Å². The van der Waals surface area contributed by atoms with E-state index in [-0.39, 0.29) is 22.2 Å². The number of hydrogen-bond donors (Lipinski definition) is 6. The van der Waals surface area contributed by atoms with Gasteiger partial charge in [-0.2, -0.15) is 0 Å². The topological polar surface area (TPSA) is 145 Å². The van der Waals surface area contributed by atoms with Crippen molar-refractivity contribution >= 4 is 40.5 Å². The number of hydrogen-bond acceptors (Lipinski definition) is 8. The predicted octanol–water partition coefficient (Wildman–Crippen LogP) is 5.27. The highest BCUT2D eigenvalue weighted by Crippen LogP contribution is 2.49. The van der Waals surface area contributed by atoms with Crippen LogP contribution >= 0.6 is 12.2 Å². The Labute approximate surface area is 246 Å².